The van der Waals surface area contributed by atoms with Crippen molar-refractivity contribution in [2.75, 3.05) is 13.1 Å². The smallest absolute Gasteiger partial charge is 0.270 e. The molecule has 1 amide bonds. The minimum atomic E-state index is -2.72. The molecule has 14 heavy (non-hydrogen) atoms. The number of nitrogens with zero attached hydrogens (tertiary/aromatic N) is 1. The van der Waals surface area contributed by atoms with E-state index in [1.807, 2.05) is 0 Å². The second-order valence-electron chi connectivity index (χ2n) is 3.42. The van der Waals surface area contributed by atoms with E-state index in [1.54, 1.807) is 18.3 Å². The first kappa shape index (κ1) is 9.18. The minimum absolute atomic E-state index is 0.130. The van der Waals surface area contributed by atoms with Gasteiger partial charge in [-0.2, -0.15) is 0 Å². The molecule has 0 spiro atoms. The van der Waals surface area contributed by atoms with E-state index in [4.69, 9.17) is 0 Å². The molecule has 0 unspecified atom stereocenters. The van der Waals surface area contributed by atoms with Crippen LogP contribution in [0.3, 0.4) is 0 Å². The fourth-order valence-corrected chi connectivity index (χ4v) is 1.54. The number of likely N-dealkylation sites (tertiary alicyclic amines) is 1. The number of H-pyrrole nitrogens is 1. The van der Waals surface area contributed by atoms with E-state index in [-0.39, 0.29) is 18.9 Å². The Morgan fingerprint density at radius 2 is 2.36 bits per heavy atom. The molecule has 0 atom stereocenters. The highest BCUT2D eigenvalue weighted by Crippen LogP contribution is 2.27. The van der Waals surface area contributed by atoms with Crippen LogP contribution in [0.5, 0.6) is 0 Å². The van der Waals surface area contributed by atoms with Crippen molar-refractivity contribution in [1.82, 2.24) is 9.88 Å². The van der Waals surface area contributed by atoms with Crippen LogP contribution in [0.15, 0.2) is 18.3 Å². The van der Waals surface area contributed by atoms with Crippen LogP contribution in [0.2, 0.25) is 0 Å². The molecule has 1 aromatic rings. The van der Waals surface area contributed by atoms with Crippen LogP contribution >= 0.6 is 0 Å². The van der Waals surface area contributed by atoms with Gasteiger partial charge in [0.1, 0.15) is 5.69 Å². The Bertz CT molecular complexity index is 335. The van der Waals surface area contributed by atoms with E-state index in [0.29, 0.717) is 5.69 Å². The third-order valence-corrected chi connectivity index (χ3v) is 2.29. The first-order valence-electron chi connectivity index (χ1n) is 4.39. The fraction of sp³-hybridized carbons (Fsp3) is 0.444. The van der Waals surface area contributed by atoms with E-state index in [0.717, 1.165) is 0 Å². The standard InChI is InChI=1S/C9H10F2N2O/c10-9(11)3-5-13(6-9)8(14)7-2-1-4-12-7/h1-2,4,12H,3,5-6H2. The number of rotatable bonds is 1. The molecule has 76 valence electrons. The zero-order chi connectivity index (χ0) is 10.2. The molecule has 0 bridgehead atoms. The van der Waals surface area contributed by atoms with Crippen LogP contribution in [0.1, 0.15) is 16.9 Å². The lowest BCUT2D eigenvalue weighted by Crippen LogP contribution is -2.31. The van der Waals surface area contributed by atoms with Gasteiger partial charge >= 0.3 is 0 Å². The van der Waals surface area contributed by atoms with Crippen molar-refractivity contribution in [3.63, 3.8) is 0 Å². The summed E-state index contributed by atoms with van der Waals surface area (Å²) in [7, 11) is 0. The number of hydrogen-bond acceptors (Lipinski definition) is 1. The number of amides is 1. The van der Waals surface area contributed by atoms with Crippen molar-refractivity contribution >= 4 is 5.91 Å². The maximum atomic E-state index is 12.8. The monoisotopic (exact) mass is 200 g/mol. The van der Waals surface area contributed by atoms with Crippen LogP contribution in [-0.2, 0) is 0 Å². The molecular formula is C9H10F2N2O. The van der Waals surface area contributed by atoms with Gasteiger partial charge in [-0.25, -0.2) is 8.78 Å². The molecule has 0 saturated carbocycles. The van der Waals surface area contributed by atoms with E-state index < -0.39 is 12.5 Å². The summed E-state index contributed by atoms with van der Waals surface area (Å²) < 4.78 is 25.6. The number of carbonyl (C=O) groups is 1. The van der Waals surface area contributed by atoms with Crippen molar-refractivity contribution in [1.29, 1.82) is 0 Å². The average Bonchev–Trinajstić information content (AvgIpc) is 2.72. The molecule has 0 aliphatic carbocycles. The largest absolute Gasteiger partial charge is 0.357 e. The number of alkyl halides is 2. The first-order chi connectivity index (χ1) is 6.58. The zero-order valence-electron chi connectivity index (χ0n) is 7.46. The molecule has 1 aliphatic rings. The molecule has 2 heterocycles. The summed E-state index contributed by atoms with van der Waals surface area (Å²) in [6.45, 7) is -0.338. The summed E-state index contributed by atoms with van der Waals surface area (Å²) >= 11 is 0. The summed E-state index contributed by atoms with van der Waals surface area (Å²) in [5, 5.41) is 0. The van der Waals surface area contributed by atoms with Gasteiger partial charge in [0, 0.05) is 19.2 Å². The Labute approximate surface area is 79.7 Å². The van der Waals surface area contributed by atoms with Crippen molar-refractivity contribution < 1.29 is 13.6 Å². The second-order valence-corrected chi connectivity index (χ2v) is 3.42. The molecule has 1 aliphatic heterocycles. The fourth-order valence-electron chi connectivity index (χ4n) is 1.54. The third kappa shape index (κ3) is 1.62. The summed E-state index contributed by atoms with van der Waals surface area (Å²) in [6, 6.07) is 3.25. The van der Waals surface area contributed by atoms with Crippen LogP contribution in [0.4, 0.5) is 8.78 Å². The van der Waals surface area contributed by atoms with Crippen LogP contribution in [0.25, 0.3) is 0 Å². The quantitative estimate of drug-likeness (QED) is 0.732. The molecule has 1 fully saturated rings. The Hall–Kier alpha value is -1.39. The van der Waals surface area contributed by atoms with E-state index >= 15 is 0 Å². The lowest BCUT2D eigenvalue weighted by atomic mass is 10.3. The maximum absolute atomic E-state index is 12.8. The first-order valence-corrected chi connectivity index (χ1v) is 4.39. The van der Waals surface area contributed by atoms with E-state index in [2.05, 4.69) is 4.98 Å². The number of aromatic nitrogens is 1. The highest BCUT2D eigenvalue weighted by Gasteiger charge is 2.40. The Kier molecular flexibility index (Phi) is 2.02. The van der Waals surface area contributed by atoms with Crippen LogP contribution in [-0.4, -0.2) is 34.8 Å². The van der Waals surface area contributed by atoms with Crippen LogP contribution in [0, 0.1) is 0 Å². The van der Waals surface area contributed by atoms with Crippen molar-refractivity contribution in [2.45, 2.75) is 12.3 Å². The van der Waals surface area contributed by atoms with Crippen molar-refractivity contribution in [3.8, 4) is 0 Å². The van der Waals surface area contributed by atoms with Gasteiger partial charge in [0.05, 0.1) is 6.54 Å². The number of aromatic amines is 1. The second kappa shape index (κ2) is 3.08. The highest BCUT2D eigenvalue weighted by molar-refractivity contribution is 5.92. The van der Waals surface area contributed by atoms with Gasteiger partial charge in [-0.3, -0.25) is 4.79 Å². The molecule has 3 nitrogen and oxygen atoms in total. The Balaban J connectivity index is 2.08. The summed E-state index contributed by atoms with van der Waals surface area (Å²) in [6.07, 6.45) is 1.36. The molecule has 2 rings (SSSR count). The molecule has 5 heteroatoms. The summed E-state index contributed by atoms with van der Waals surface area (Å²) in [5.74, 6) is -3.07. The minimum Gasteiger partial charge on any atom is -0.357 e. The lowest BCUT2D eigenvalue weighted by molar-refractivity contribution is 0.0119. The van der Waals surface area contributed by atoms with E-state index in [9.17, 15) is 13.6 Å². The molecule has 0 radical (unpaired) electrons. The number of carbonyl (C=O) groups excluding carboxylic acids is 1. The molecular weight excluding hydrogens is 190 g/mol. The average molecular weight is 200 g/mol. The predicted molar refractivity (Wildman–Crippen MR) is 46.3 cm³/mol. The van der Waals surface area contributed by atoms with Gasteiger partial charge in [0.25, 0.3) is 11.8 Å². The SMILES string of the molecule is O=C(c1ccc[nH]1)N1CCC(F)(F)C1. The zero-order valence-corrected chi connectivity index (χ0v) is 7.46. The number of hydrogen-bond donors (Lipinski definition) is 1. The van der Waals surface area contributed by atoms with Gasteiger partial charge in [-0.15, -0.1) is 0 Å². The Morgan fingerprint density at radius 1 is 1.57 bits per heavy atom. The van der Waals surface area contributed by atoms with Crippen molar-refractivity contribution in [2.24, 2.45) is 0 Å². The third-order valence-electron chi connectivity index (χ3n) is 2.29. The van der Waals surface area contributed by atoms with Gasteiger partial charge in [0.15, 0.2) is 0 Å². The normalized spacial score (nSPS) is 20.0. The summed E-state index contributed by atoms with van der Waals surface area (Å²) in [4.78, 5) is 15.4. The molecule has 1 saturated heterocycles. The van der Waals surface area contributed by atoms with Crippen LogP contribution < -0.4 is 0 Å². The molecule has 1 aromatic heterocycles. The number of nitrogens with one attached hydrogen (secondary N) is 1. The predicted octanol–water partition coefficient (Wildman–Crippen LogP) is 1.50. The van der Waals surface area contributed by atoms with Gasteiger partial charge in [-0.05, 0) is 12.1 Å². The molecule has 0 aromatic carbocycles. The highest BCUT2D eigenvalue weighted by atomic mass is 19.3. The van der Waals surface area contributed by atoms with Gasteiger partial charge < -0.3 is 9.88 Å². The van der Waals surface area contributed by atoms with Gasteiger partial charge in [-0.1, -0.05) is 0 Å². The van der Waals surface area contributed by atoms with Crippen molar-refractivity contribution in [3.05, 3.63) is 24.0 Å². The Morgan fingerprint density at radius 3 is 2.86 bits per heavy atom. The molecule has 1 N–H and O–H groups in total. The number of halogens is 2. The van der Waals surface area contributed by atoms with E-state index in [1.165, 1.54) is 4.90 Å². The summed E-state index contributed by atoms with van der Waals surface area (Å²) in [5.41, 5.74) is 0.364. The van der Waals surface area contributed by atoms with Gasteiger partial charge in [0.2, 0.25) is 0 Å². The maximum Gasteiger partial charge on any atom is 0.270 e. The topological polar surface area (TPSA) is 36.1 Å². The lowest BCUT2D eigenvalue weighted by Gasteiger charge is -2.14.